The number of nitrogens with zero attached hydrogens (tertiary/aromatic N) is 2. The summed E-state index contributed by atoms with van der Waals surface area (Å²) in [4.78, 5) is 28.6. The Morgan fingerprint density at radius 3 is 2.51 bits per heavy atom. The molecule has 3 aliphatic rings. The van der Waals surface area contributed by atoms with Gasteiger partial charge in [-0.1, -0.05) is 43.3 Å². The third-order valence-electron chi connectivity index (χ3n) is 7.45. The second-order valence-electron chi connectivity index (χ2n) is 9.99. The number of likely N-dealkylation sites (tertiary alicyclic amines) is 1. The first-order valence-corrected chi connectivity index (χ1v) is 12.6. The summed E-state index contributed by atoms with van der Waals surface area (Å²) in [5.41, 5.74) is 3.65. The highest BCUT2D eigenvalue weighted by Gasteiger charge is 2.44. The highest BCUT2D eigenvalue weighted by molar-refractivity contribution is 6.02. The first kappa shape index (κ1) is 25.3. The van der Waals surface area contributed by atoms with Crippen LogP contribution in [-0.4, -0.2) is 46.4 Å². The van der Waals surface area contributed by atoms with Crippen LogP contribution in [0.4, 0.5) is 13.2 Å². The molecule has 0 aliphatic carbocycles. The maximum atomic E-state index is 13.4. The molecule has 9 heteroatoms. The first-order valence-electron chi connectivity index (χ1n) is 12.6. The summed E-state index contributed by atoms with van der Waals surface area (Å²) in [6.45, 7) is 5.05. The fraction of sp³-hybridized carbons (Fsp3) is 0.429. The first-order chi connectivity index (χ1) is 17.7. The van der Waals surface area contributed by atoms with Crippen LogP contribution in [0.3, 0.4) is 0 Å². The molecule has 2 atom stereocenters. The molecule has 0 bridgehead atoms. The second kappa shape index (κ2) is 10.2. The summed E-state index contributed by atoms with van der Waals surface area (Å²) in [5, 5.41) is 2.74. The van der Waals surface area contributed by atoms with Gasteiger partial charge in [0.1, 0.15) is 24.4 Å². The van der Waals surface area contributed by atoms with Crippen molar-refractivity contribution in [2.75, 3.05) is 6.54 Å². The average molecular weight is 514 g/mol. The zero-order valence-corrected chi connectivity index (χ0v) is 20.5. The molecule has 6 nitrogen and oxygen atoms in total. The lowest BCUT2D eigenvalue weighted by Gasteiger charge is -2.36. The quantitative estimate of drug-likeness (QED) is 0.595. The molecular formula is C28H30F3N3O3. The van der Waals surface area contributed by atoms with Crippen molar-refractivity contribution in [2.45, 2.75) is 70.1 Å². The molecule has 2 saturated heterocycles. The van der Waals surface area contributed by atoms with Crippen LogP contribution in [0, 0.1) is 0 Å². The molecule has 3 heterocycles. The van der Waals surface area contributed by atoms with Gasteiger partial charge in [0.15, 0.2) is 0 Å². The predicted octanol–water partition coefficient (Wildman–Crippen LogP) is 4.93. The number of halogens is 3. The number of fused-ring (bicyclic) bond motifs is 1. The van der Waals surface area contributed by atoms with E-state index in [0.29, 0.717) is 49.4 Å². The largest absolute Gasteiger partial charge is 0.489 e. The van der Waals surface area contributed by atoms with E-state index in [2.05, 4.69) is 11.9 Å². The van der Waals surface area contributed by atoms with E-state index in [-0.39, 0.29) is 31.4 Å². The Morgan fingerprint density at radius 2 is 1.78 bits per heavy atom. The molecule has 5 rings (SSSR count). The minimum atomic E-state index is -4.21. The fourth-order valence-corrected chi connectivity index (χ4v) is 5.46. The van der Waals surface area contributed by atoms with Crippen LogP contribution in [0.5, 0.6) is 5.75 Å². The molecule has 0 radical (unpaired) electrons. The van der Waals surface area contributed by atoms with E-state index in [9.17, 15) is 22.8 Å². The molecule has 0 spiro atoms. The van der Waals surface area contributed by atoms with E-state index in [4.69, 9.17) is 4.74 Å². The van der Waals surface area contributed by atoms with Gasteiger partial charge in [-0.15, -0.1) is 0 Å². The molecule has 3 aliphatic heterocycles. The normalized spacial score (nSPS) is 22.7. The standard InChI is InChI=1S/C28H30F3N3O3/c1-18-8-13-23(26(35)32-18)34-16-22-21(27(34)36)5-4-6-24(22)37-17-20-11-9-19(10-12-20)15-33-14-3-2-7-25(33)28(29,30)31/h4-6,9-12,23,25H,1-3,7-8,13-17H2,(H,32,35). The van der Waals surface area contributed by atoms with Gasteiger partial charge in [-0.05, 0) is 55.5 Å². The molecule has 196 valence electrons. The summed E-state index contributed by atoms with van der Waals surface area (Å²) in [6, 6.07) is 10.8. The van der Waals surface area contributed by atoms with Crippen molar-refractivity contribution in [1.82, 2.24) is 15.1 Å². The van der Waals surface area contributed by atoms with E-state index in [1.54, 1.807) is 23.1 Å². The van der Waals surface area contributed by atoms with Gasteiger partial charge in [-0.25, -0.2) is 0 Å². The van der Waals surface area contributed by atoms with Crippen LogP contribution < -0.4 is 10.1 Å². The van der Waals surface area contributed by atoms with Gasteiger partial charge >= 0.3 is 6.18 Å². The molecule has 1 N–H and O–H groups in total. The highest BCUT2D eigenvalue weighted by atomic mass is 19.4. The van der Waals surface area contributed by atoms with Gasteiger partial charge in [0.05, 0.1) is 6.54 Å². The minimum absolute atomic E-state index is 0.150. The van der Waals surface area contributed by atoms with Crippen molar-refractivity contribution in [3.8, 4) is 5.75 Å². The van der Waals surface area contributed by atoms with Gasteiger partial charge < -0.3 is 15.0 Å². The summed E-state index contributed by atoms with van der Waals surface area (Å²) in [5.74, 6) is 0.179. The molecule has 0 aromatic heterocycles. The molecular weight excluding hydrogens is 483 g/mol. The lowest BCUT2D eigenvalue weighted by Crippen LogP contribution is -2.49. The van der Waals surface area contributed by atoms with Gasteiger partial charge in [0.2, 0.25) is 5.91 Å². The zero-order chi connectivity index (χ0) is 26.2. The van der Waals surface area contributed by atoms with Crippen LogP contribution in [0.25, 0.3) is 0 Å². The van der Waals surface area contributed by atoms with Crippen molar-refractivity contribution in [2.24, 2.45) is 0 Å². The molecule has 37 heavy (non-hydrogen) atoms. The number of benzene rings is 2. The second-order valence-corrected chi connectivity index (χ2v) is 9.99. The molecule has 2 aromatic carbocycles. The number of nitrogens with one attached hydrogen (secondary N) is 1. The summed E-state index contributed by atoms with van der Waals surface area (Å²) in [7, 11) is 0. The van der Waals surface area contributed by atoms with Crippen molar-refractivity contribution >= 4 is 11.8 Å². The zero-order valence-electron chi connectivity index (χ0n) is 20.5. The number of hydrogen-bond donors (Lipinski definition) is 1. The van der Waals surface area contributed by atoms with Crippen LogP contribution >= 0.6 is 0 Å². The lowest BCUT2D eigenvalue weighted by molar-refractivity contribution is -0.192. The minimum Gasteiger partial charge on any atom is -0.489 e. The van der Waals surface area contributed by atoms with Crippen LogP contribution in [0.2, 0.25) is 0 Å². The summed E-state index contributed by atoms with van der Waals surface area (Å²) in [6.07, 6.45) is -1.51. The Bertz CT molecular complexity index is 1200. The Labute approximate surface area is 214 Å². The Morgan fingerprint density at radius 1 is 1.03 bits per heavy atom. The van der Waals surface area contributed by atoms with Crippen LogP contribution in [0.1, 0.15) is 59.2 Å². The smallest absolute Gasteiger partial charge is 0.404 e. The van der Waals surface area contributed by atoms with Crippen molar-refractivity contribution in [3.05, 3.63) is 77.0 Å². The SMILES string of the molecule is C=C1CCC(N2Cc3c(OCc4ccc(CN5CCCCC5C(F)(F)F)cc4)cccc3C2=O)C(=O)N1. The number of amides is 2. The lowest BCUT2D eigenvalue weighted by atomic mass is 10.0. The van der Waals surface area contributed by atoms with Gasteiger partial charge in [-0.2, -0.15) is 13.2 Å². The number of ether oxygens (including phenoxy) is 1. The van der Waals surface area contributed by atoms with E-state index in [1.165, 1.54) is 4.90 Å². The van der Waals surface area contributed by atoms with Gasteiger partial charge in [0, 0.05) is 23.4 Å². The monoisotopic (exact) mass is 513 g/mol. The molecule has 2 fully saturated rings. The third kappa shape index (κ3) is 5.37. The van der Waals surface area contributed by atoms with Crippen LogP contribution in [-0.2, 0) is 24.5 Å². The van der Waals surface area contributed by atoms with Gasteiger partial charge in [-0.3, -0.25) is 14.5 Å². The maximum absolute atomic E-state index is 13.4. The Kier molecular flexibility index (Phi) is 6.98. The summed E-state index contributed by atoms with van der Waals surface area (Å²) < 4.78 is 46.3. The fourth-order valence-electron chi connectivity index (χ4n) is 5.46. The third-order valence-corrected chi connectivity index (χ3v) is 7.45. The average Bonchev–Trinajstić information content (AvgIpc) is 3.20. The Hall–Kier alpha value is -3.33. The highest BCUT2D eigenvalue weighted by Crippen LogP contribution is 2.35. The van der Waals surface area contributed by atoms with Crippen LogP contribution in [0.15, 0.2) is 54.7 Å². The number of carbonyl (C=O) groups excluding carboxylic acids is 2. The van der Waals surface area contributed by atoms with Crippen molar-refractivity contribution < 1.29 is 27.5 Å². The predicted molar refractivity (Wildman–Crippen MR) is 131 cm³/mol. The number of rotatable bonds is 6. The van der Waals surface area contributed by atoms with E-state index in [0.717, 1.165) is 23.1 Å². The molecule has 2 amide bonds. The summed E-state index contributed by atoms with van der Waals surface area (Å²) >= 11 is 0. The molecule has 2 unspecified atom stereocenters. The number of alkyl halides is 3. The maximum Gasteiger partial charge on any atom is 0.404 e. The topological polar surface area (TPSA) is 61.9 Å². The Balaban J connectivity index is 1.22. The molecule has 2 aromatic rings. The van der Waals surface area contributed by atoms with E-state index in [1.807, 2.05) is 24.3 Å². The number of allylic oxidation sites excluding steroid dienone is 1. The van der Waals surface area contributed by atoms with Gasteiger partial charge in [0.25, 0.3) is 5.91 Å². The number of piperidine rings is 2. The van der Waals surface area contributed by atoms with Crippen molar-refractivity contribution in [1.29, 1.82) is 0 Å². The number of hydrogen-bond acceptors (Lipinski definition) is 4. The van der Waals surface area contributed by atoms with E-state index >= 15 is 0 Å². The van der Waals surface area contributed by atoms with Crippen molar-refractivity contribution in [3.63, 3.8) is 0 Å². The van der Waals surface area contributed by atoms with E-state index < -0.39 is 18.3 Å². The number of carbonyl (C=O) groups is 2. The molecule has 0 saturated carbocycles.